The number of hydrogen-bond acceptors (Lipinski definition) is 4. The monoisotopic (exact) mass is 301 g/mol. The number of ether oxygens (including phenoxy) is 1. The number of carbonyl (C=O) groups excluding carboxylic acids is 2. The van der Waals surface area contributed by atoms with Crippen molar-refractivity contribution in [3.05, 3.63) is 48.0 Å². The Morgan fingerprint density at radius 3 is 2.64 bits per heavy atom. The number of aliphatic hydroxyl groups excluding tert-OH is 1. The average molecular weight is 301 g/mol. The highest BCUT2D eigenvalue weighted by Crippen LogP contribution is 2.18. The zero-order valence-electron chi connectivity index (χ0n) is 12.4. The second-order valence-electron chi connectivity index (χ2n) is 4.90. The number of esters is 1. The van der Waals surface area contributed by atoms with Gasteiger partial charge in [0.1, 0.15) is 0 Å². The lowest BCUT2D eigenvalue weighted by molar-refractivity contribution is -0.146. The first-order valence-corrected chi connectivity index (χ1v) is 7.23. The molecule has 2 aromatic rings. The molecule has 5 nitrogen and oxygen atoms in total. The molecule has 2 N–H and O–H groups in total. The van der Waals surface area contributed by atoms with Gasteiger partial charge in [-0.25, -0.2) is 4.79 Å². The highest BCUT2D eigenvalue weighted by molar-refractivity contribution is 6.07. The van der Waals surface area contributed by atoms with Crippen LogP contribution in [0, 0.1) is 0 Å². The van der Waals surface area contributed by atoms with Crippen molar-refractivity contribution in [2.24, 2.45) is 0 Å². The van der Waals surface area contributed by atoms with Crippen LogP contribution in [-0.4, -0.2) is 36.2 Å². The Balaban J connectivity index is 2.17. The first-order valence-electron chi connectivity index (χ1n) is 7.23. The molecule has 0 aliphatic carbocycles. The van der Waals surface area contributed by atoms with Crippen molar-refractivity contribution in [3.63, 3.8) is 0 Å². The van der Waals surface area contributed by atoms with Gasteiger partial charge in [0.2, 0.25) is 0 Å². The fourth-order valence-corrected chi connectivity index (χ4v) is 2.14. The van der Waals surface area contributed by atoms with E-state index >= 15 is 0 Å². The fraction of sp³-hybridized carbons (Fsp3) is 0.294. The summed E-state index contributed by atoms with van der Waals surface area (Å²) in [7, 11) is 0. The molecule has 1 amide bonds. The van der Waals surface area contributed by atoms with E-state index in [0.29, 0.717) is 12.0 Å². The lowest BCUT2D eigenvalue weighted by Gasteiger charge is -2.16. The summed E-state index contributed by atoms with van der Waals surface area (Å²) in [6.07, 6.45) is 0.682. The van der Waals surface area contributed by atoms with Crippen molar-refractivity contribution in [1.29, 1.82) is 0 Å². The highest BCUT2D eigenvalue weighted by atomic mass is 16.5. The molecule has 0 fully saturated rings. The molecule has 0 bridgehead atoms. The summed E-state index contributed by atoms with van der Waals surface area (Å²) in [5, 5.41) is 13.5. The predicted molar refractivity (Wildman–Crippen MR) is 83.5 cm³/mol. The molecule has 0 spiro atoms. The number of rotatable bonds is 6. The standard InChI is InChI=1S/C17H19NO4/c1-2-10-22-17(21)15(11-19)18-16(20)14-9-5-7-12-6-3-4-8-13(12)14/h3-9,15,19H,2,10-11H2,1H3,(H,18,20)/t15-/m0/s1. The molecule has 0 saturated carbocycles. The third kappa shape index (κ3) is 3.62. The van der Waals surface area contributed by atoms with Crippen molar-refractivity contribution in [1.82, 2.24) is 5.32 Å². The lowest BCUT2D eigenvalue weighted by Crippen LogP contribution is -2.44. The van der Waals surface area contributed by atoms with Crippen molar-refractivity contribution < 1.29 is 19.4 Å². The third-order valence-electron chi connectivity index (χ3n) is 3.26. The molecule has 2 aromatic carbocycles. The SMILES string of the molecule is CCCOC(=O)[C@H](CO)NC(=O)c1cccc2ccccc12. The van der Waals surface area contributed by atoms with Gasteiger partial charge in [-0.15, -0.1) is 0 Å². The smallest absolute Gasteiger partial charge is 0.331 e. The van der Waals surface area contributed by atoms with Gasteiger partial charge in [-0.3, -0.25) is 4.79 Å². The van der Waals surface area contributed by atoms with E-state index in [1.165, 1.54) is 0 Å². The number of nitrogens with one attached hydrogen (secondary N) is 1. The second-order valence-corrected chi connectivity index (χ2v) is 4.90. The molecule has 0 aliphatic heterocycles. The van der Waals surface area contributed by atoms with Crippen LogP contribution in [0.1, 0.15) is 23.7 Å². The van der Waals surface area contributed by atoms with Crippen molar-refractivity contribution >= 4 is 22.6 Å². The third-order valence-corrected chi connectivity index (χ3v) is 3.26. The number of hydrogen-bond donors (Lipinski definition) is 2. The Labute approximate surface area is 128 Å². The highest BCUT2D eigenvalue weighted by Gasteiger charge is 2.22. The van der Waals surface area contributed by atoms with E-state index in [2.05, 4.69) is 5.32 Å². The van der Waals surface area contributed by atoms with Crippen molar-refractivity contribution in [2.45, 2.75) is 19.4 Å². The Bertz CT molecular complexity index is 663. The largest absolute Gasteiger partial charge is 0.464 e. The molecule has 22 heavy (non-hydrogen) atoms. The Morgan fingerprint density at radius 2 is 1.91 bits per heavy atom. The van der Waals surface area contributed by atoms with Gasteiger partial charge in [0.25, 0.3) is 5.91 Å². The molecular formula is C17H19NO4. The molecule has 0 aliphatic rings. The van der Waals surface area contributed by atoms with Crippen molar-refractivity contribution in [3.8, 4) is 0 Å². The number of carbonyl (C=O) groups is 2. The fourth-order valence-electron chi connectivity index (χ4n) is 2.14. The summed E-state index contributed by atoms with van der Waals surface area (Å²) in [6, 6.07) is 11.8. The van der Waals surface area contributed by atoms with Crippen LogP contribution in [0.15, 0.2) is 42.5 Å². The maximum Gasteiger partial charge on any atom is 0.331 e. The van der Waals surface area contributed by atoms with Gasteiger partial charge >= 0.3 is 5.97 Å². The lowest BCUT2D eigenvalue weighted by atomic mass is 10.0. The molecule has 0 heterocycles. The summed E-state index contributed by atoms with van der Waals surface area (Å²) in [4.78, 5) is 24.1. The number of aliphatic hydroxyl groups is 1. The molecule has 116 valence electrons. The van der Waals surface area contributed by atoms with Crippen LogP contribution in [0.25, 0.3) is 10.8 Å². The molecule has 0 radical (unpaired) electrons. The second kappa shape index (κ2) is 7.56. The minimum atomic E-state index is -1.06. The van der Waals surface area contributed by atoms with Crippen LogP contribution in [0.3, 0.4) is 0 Å². The number of amides is 1. The molecular weight excluding hydrogens is 282 g/mol. The van der Waals surface area contributed by atoms with Gasteiger partial charge in [0, 0.05) is 5.56 Å². The molecule has 5 heteroatoms. The van der Waals surface area contributed by atoms with Crippen LogP contribution in [0.4, 0.5) is 0 Å². The van der Waals surface area contributed by atoms with Gasteiger partial charge in [0.05, 0.1) is 13.2 Å². The van der Waals surface area contributed by atoms with Crippen LogP contribution in [-0.2, 0) is 9.53 Å². The van der Waals surface area contributed by atoms with E-state index in [1.54, 1.807) is 12.1 Å². The molecule has 0 aromatic heterocycles. The normalized spacial score (nSPS) is 11.9. The Kier molecular flexibility index (Phi) is 5.49. The quantitative estimate of drug-likeness (QED) is 0.799. The average Bonchev–Trinajstić information content (AvgIpc) is 2.56. The molecule has 0 unspecified atom stereocenters. The zero-order chi connectivity index (χ0) is 15.9. The summed E-state index contributed by atoms with van der Waals surface area (Å²) < 4.78 is 4.95. The van der Waals surface area contributed by atoms with Gasteiger partial charge in [-0.2, -0.15) is 0 Å². The van der Waals surface area contributed by atoms with Gasteiger partial charge in [0.15, 0.2) is 6.04 Å². The van der Waals surface area contributed by atoms with Crippen LogP contribution >= 0.6 is 0 Å². The first-order chi connectivity index (χ1) is 10.7. The number of benzene rings is 2. The predicted octanol–water partition coefficient (Wildman–Crippen LogP) is 1.88. The van der Waals surface area contributed by atoms with E-state index in [-0.39, 0.29) is 6.61 Å². The maximum absolute atomic E-state index is 12.4. The maximum atomic E-state index is 12.4. The Hall–Kier alpha value is -2.40. The Morgan fingerprint density at radius 1 is 1.18 bits per heavy atom. The van der Waals surface area contributed by atoms with Gasteiger partial charge in [-0.1, -0.05) is 43.3 Å². The topological polar surface area (TPSA) is 75.6 Å². The van der Waals surface area contributed by atoms with Crippen LogP contribution in [0.2, 0.25) is 0 Å². The van der Waals surface area contributed by atoms with E-state index < -0.39 is 24.5 Å². The van der Waals surface area contributed by atoms with E-state index in [1.807, 2.05) is 37.3 Å². The van der Waals surface area contributed by atoms with Crippen molar-refractivity contribution in [2.75, 3.05) is 13.2 Å². The minimum absolute atomic E-state index is 0.263. The van der Waals surface area contributed by atoms with E-state index in [0.717, 1.165) is 10.8 Å². The molecule has 0 saturated heterocycles. The zero-order valence-corrected chi connectivity index (χ0v) is 12.4. The summed E-state index contributed by atoms with van der Waals surface area (Å²) in [5.41, 5.74) is 0.458. The summed E-state index contributed by atoms with van der Waals surface area (Å²) in [6.45, 7) is 1.63. The first kappa shape index (κ1) is 16.0. The van der Waals surface area contributed by atoms with Gasteiger partial charge in [-0.05, 0) is 23.3 Å². The van der Waals surface area contributed by atoms with Crippen LogP contribution in [0.5, 0.6) is 0 Å². The van der Waals surface area contributed by atoms with Crippen LogP contribution < -0.4 is 5.32 Å². The van der Waals surface area contributed by atoms with E-state index in [4.69, 9.17) is 4.74 Å². The van der Waals surface area contributed by atoms with E-state index in [9.17, 15) is 14.7 Å². The van der Waals surface area contributed by atoms with Gasteiger partial charge < -0.3 is 15.2 Å². The summed E-state index contributed by atoms with van der Waals surface area (Å²) >= 11 is 0. The molecule has 2 rings (SSSR count). The molecule has 1 atom stereocenters. The number of fused-ring (bicyclic) bond motifs is 1. The minimum Gasteiger partial charge on any atom is -0.464 e. The summed E-state index contributed by atoms with van der Waals surface area (Å²) in [5.74, 6) is -1.04.